The van der Waals surface area contributed by atoms with Gasteiger partial charge < -0.3 is 9.57 Å². The molecule has 13 heavy (non-hydrogen) atoms. The highest BCUT2D eigenvalue weighted by atomic mass is 16.7. The molecule has 1 N–H and O–H groups in total. The summed E-state index contributed by atoms with van der Waals surface area (Å²) >= 11 is 0. The van der Waals surface area contributed by atoms with Crippen LogP contribution in [-0.4, -0.2) is 11.6 Å². The van der Waals surface area contributed by atoms with Gasteiger partial charge in [0.25, 0.3) is 0 Å². The van der Waals surface area contributed by atoms with Crippen LogP contribution in [0.1, 0.15) is 20.8 Å². The van der Waals surface area contributed by atoms with Gasteiger partial charge in [0.1, 0.15) is 5.60 Å². The van der Waals surface area contributed by atoms with Crippen molar-refractivity contribution in [1.29, 1.82) is 0 Å². The monoisotopic (exact) mass is 183 g/mol. The Morgan fingerprint density at radius 1 is 1.54 bits per heavy atom. The summed E-state index contributed by atoms with van der Waals surface area (Å²) in [4.78, 5) is 16.2. The fourth-order valence-electron chi connectivity index (χ4n) is 0.744. The molecule has 0 fully saturated rings. The number of nitrogens with one attached hydrogen (secondary N) is 1. The van der Waals surface area contributed by atoms with Crippen LogP contribution in [0.4, 0.5) is 0 Å². The van der Waals surface area contributed by atoms with Crippen molar-refractivity contribution in [1.82, 2.24) is 5.48 Å². The maximum Gasteiger partial charge on any atom is 0.377 e. The number of hydroxylamine groups is 1. The second-order valence-electron chi connectivity index (χ2n) is 3.61. The molecule has 0 atom stereocenters. The number of carbonyl (C=O) groups is 1. The average Bonchev–Trinajstić information content (AvgIpc) is 2.03. The van der Waals surface area contributed by atoms with Crippen LogP contribution in [0.25, 0.3) is 0 Å². The van der Waals surface area contributed by atoms with Crippen molar-refractivity contribution in [2.24, 2.45) is 0 Å². The van der Waals surface area contributed by atoms with Gasteiger partial charge in [0.2, 0.25) is 5.76 Å². The topological polar surface area (TPSA) is 47.6 Å². The van der Waals surface area contributed by atoms with Crippen LogP contribution in [0.3, 0.4) is 0 Å². The first-order valence-corrected chi connectivity index (χ1v) is 4.01. The number of rotatable bonds is 1. The lowest BCUT2D eigenvalue weighted by Gasteiger charge is -2.20. The van der Waals surface area contributed by atoms with Crippen LogP contribution in [-0.2, 0) is 14.4 Å². The molecular formula is C9H13NO3. The first-order chi connectivity index (χ1) is 5.99. The predicted octanol–water partition coefficient (Wildman–Crippen LogP) is 1.26. The minimum atomic E-state index is -0.498. The van der Waals surface area contributed by atoms with Crippen LogP contribution in [0.15, 0.2) is 24.1 Å². The van der Waals surface area contributed by atoms with E-state index in [1.165, 1.54) is 0 Å². The van der Waals surface area contributed by atoms with Crippen molar-refractivity contribution in [3.63, 3.8) is 0 Å². The van der Waals surface area contributed by atoms with Crippen molar-refractivity contribution in [2.75, 3.05) is 0 Å². The molecule has 0 unspecified atom stereocenters. The molecule has 1 heterocycles. The average molecular weight is 183 g/mol. The first kappa shape index (κ1) is 9.64. The molecule has 0 bridgehead atoms. The number of hydrogen-bond acceptors (Lipinski definition) is 4. The van der Waals surface area contributed by atoms with Gasteiger partial charge in [0.05, 0.1) is 0 Å². The second kappa shape index (κ2) is 3.51. The molecule has 0 spiro atoms. The minimum absolute atomic E-state index is 0.164. The summed E-state index contributed by atoms with van der Waals surface area (Å²) < 4.78 is 5.07. The molecule has 4 heteroatoms. The summed E-state index contributed by atoms with van der Waals surface area (Å²) in [5.74, 6) is -0.304. The van der Waals surface area contributed by atoms with Crippen molar-refractivity contribution < 1.29 is 14.4 Å². The van der Waals surface area contributed by atoms with E-state index in [0.717, 1.165) is 0 Å². The predicted molar refractivity (Wildman–Crippen MR) is 47.3 cm³/mol. The summed E-state index contributed by atoms with van der Waals surface area (Å²) in [5.41, 5.74) is 1.95. The van der Waals surface area contributed by atoms with E-state index >= 15 is 0 Å². The van der Waals surface area contributed by atoms with Gasteiger partial charge in [-0.2, -0.15) is 0 Å². The largest absolute Gasteiger partial charge is 0.454 e. The van der Waals surface area contributed by atoms with Crippen molar-refractivity contribution in [3.8, 4) is 0 Å². The summed E-state index contributed by atoms with van der Waals surface area (Å²) in [7, 11) is 0. The quantitative estimate of drug-likeness (QED) is 0.622. The van der Waals surface area contributed by atoms with E-state index in [0.29, 0.717) is 0 Å². The number of hydrogen-bond donors (Lipinski definition) is 1. The molecule has 0 radical (unpaired) electrons. The molecule has 1 aliphatic heterocycles. The molecule has 0 aliphatic carbocycles. The highest BCUT2D eigenvalue weighted by Gasteiger charge is 2.21. The number of carbonyl (C=O) groups excluding carboxylic acids is 1. The fourth-order valence-corrected chi connectivity index (χ4v) is 0.744. The molecule has 0 amide bonds. The Morgan fingerprint density at radius 2 is 2.23 bits per heavy atom. The third-order valence-corrected chi connectivity index (χ3v) is 1.18. The molecule has 1 aliphatic rings. The highest BCUT2D eigenvalue weighted by molar-refractivity contribution is 5.87. The summed E-state index contributed by atoms with van der Waals surface area (Å²) in [6, 6.07) is 0. The molecule has 0 aromatic carbocycles. The zero-order valence-corrected chi connectivity index (χ0v) is 7.96. The lowest BCUT2D eigenvalue weighted by Crippen LogP contribution is -2.27. The Morgan fingerprint density at radius 3 is 2.69 bits per heavy atom. The van der Waals surface area contributed by atoms with Crippen LogP contribution in [0.2, 0.25) is 0 Å². The first-order valence-electron chi connectivity index (χ1n) is 4.01. The van der Waals surface area contributed by atoms with E-state index in [1.54, 1.807) is 39.1 Å². The van der Waals surface area contributed by atoms with Crippen molar-refractivity contribution >= 4 is 5.97 Å². The Hall–Kier alpha value is -1.45. The maximum atomic E-state index is 11.3. The molecule has 72 valence electrons. The molecule has 0 saturated heterocycles. The lowest BCUT2D eigenvalue weighted by molar-refractivity contribution is -0.155. The van der Waals surface area contributed by atoms with Gasteiger partial charge in [0, 0.05) is 6.20 Å². The standard InChI is InChI=1S/C9H13NO3/c1-9(2,3)12-8(11)7-5-4-6-10-13-7/h4-6,10H,1-3H3. The Bertz CT molecular complexity index is 261. The van der Waals surface area contributed by atoms with Gasteiger partial charge in [-0.25, -0.2) is 10.3 Å². The van der Waals surface area contributed by atoms with Crippen molar-refractivity contribution in [2.45, 2.75) is 26.4 Å². The molecule has 0 aromatic rings. The van der Waals surface area contributed by atoms with Gasteiger partial charge in [-0.05, 0) is 32.9 Å². The highest BCUT2D eigenvalue weighted by Crippen LogP contribution is 2.12. The zero-order valence-electron chi connectivity index (χ0n) is 7.96. The number of esters is 1. The van der Waals surface area contributed by atoms with Crippen LogP contribution in [0.5, 0.6) is 0 Å². The third kappa shape index (κ3) is 3.19. The SMILES string of the molecule is CC(C)(C)OC(=O)C1=CC=CNO1. The van der Waals surface area contributed by atoms with E-state index in [-0.39, 0.29) is 5.76 Å². The second-order valence-corrected chi connectivity index (χ2v) is 3.61. The molecule has 1 rings (SSSR count). The van der Waals surface area contributed by atoms with E-state index in [4.69, 9.17) is 9.57 Å². The number of ether oxygens (including phenoxy) is 1. The fraction of sp³-hybridized carbons (Fsp3) is 0.444. The van der Waals surface area contributed by atoms with Crippen LogP contribution in [0, 0.1) is 0 Å². The smallest absolute Gasteiger partial charge is 0.377 e. The molecule has 0 saturated carbocycles. The normalized spacial score (nSPS) is 15.5. The van der Waals surface area contributed by atoms with Gasteiger partial charge >= 0.3 is 5.97 Å². The van der Waals surface area contributed by atoms with Crippen LogP contribution >= 0.6 is 0 Å². The van der Waals surface area contributed by atoms with E-state index in [9.17, 15) is 4.79 Å². The summed E-state index contributed by atoms with van der Waals surface area (Å²) in [6.07, 6.45) is 4.79. The van der Waals surface area contributed by atoms with E-state index < -0.39 is 11.6 Å². The van der Waals surface area contributed by atoms with Gasteiger partial charge in [-0.3, -0.25) is 0 Å². The molecule has 4 nitrogen and oxygen atoms in total. The van der Waals surface area contributed by atoms with Gasteiger partial charge in [-0.1, -0.05) is 0 Å². The Kier molecular flexibility index (Phi) is 2.60. The summed E-state index contributed by atoms with van der Waals surface area (Å²) in [5, 5.41) is 0. The summed E-state index contributed by atoms with van der Waals surface area (Å²) in [6.45, 7) is 5.41. The minimum Gasteiger partial charge on any atom is -0.454 e. The number of allylic oxidation sites excluding steroid dienone is 2. The maximum absolute atomic E-state index is 11.3. The Balaban J connectivity index is 2.58. The molecule has 0 aromatic heterocycles. The van der Waals surface area contributed by atoms with Crippen LogP contribution < -0.4 is 5.48 Å². The van der Waals surface area contributed by atoms with E-state index in [2.05, 4.69) is 5.48 Å². The van der Waals surface area contributed by atoms with Gasteiger partial charge in [-0.15, -0.1) is 0 Å². The van der Waals surface area contributed by atoms with Crippen molar-refractivity contribution in [3.05, 3.63) is 24.1 Å². The zero-order chi connectivity index (χ0) is 9.90. The van der Waals surface area contributed by atoms with Gasteiger partial charge in [0.15, 0.2) is 0 Å². The lowest BCUT2D eigenvalue weighted by atomic mass is 10.2. The molecular weight excluding hydrogens is 170 g/mol. The Labute approximate surface area is 77.2 Å². The third-order valence-electron chi connectivity index (χ3n) is 1.18. The van der Waals surface area contributed by atoms with E-state index in [1.807, 2.05) is 0 Å².